The van der Waals surface area contributed by atoms with Crippen molar-refractivity contribution in [3.8, 4) is 0 Å². The van der Waals surface area contributed by atoms with Gasteiger partial charge in [-0.2, -0.15) is 0 Å². The molecule has 0 N–H and O–H groups in total. The molecule has 1 aromatic carbocycles. The van der Waals surface area contributed by atoms with Crippen molar-refractivity contribution in [2.75, 3.05) is 6.26 Å². The highest BCUT2D eigenvalue weighted by Gasteiger charge is 2.21. The van der Waals surface area contributed by atoms with Gasteiger partial charge in [-0.3, -0.25) is 0 Å². The fourth-order valence-electron chi connectivity index (χ4n) is 1.05. The Morgan fingerprint density at radius 1 is 1.21 bits per heavy atom. The standard InChI is InChI=1S/C10H14O2S2/c1-8-4-6-10(7-5-8)14(11,12)9(2)13-3/h4-7,9H,1-3H3. The summed E-state index contributed by atoms with van der Waals surface area (Å²) >= 11 is 1.34. The molecule has 78 valence electrons. The van der Waals surface area contributed by atoms with Crippen molar-refractivity contribution in [3.63, 3.8) is 0 Å². The second-order valence-electron chi connectivity index (χ2n) is 3.16. The average Bonchev–Trinajstić information content (AvgIpc) is 2.17. The van der Waals surface area contributed by atoms with E-state index in [1.54, 1.807) is 25.3 Å². The molecule has 14 heavy (non-hydrogen) atoms. The Morgan fingerprint density at radius 3 is 2.14 bits per heavy atom. The molecule has 0 fully saturated rings. The van der Waals surface area contributed by atoms with E-state index in [4.69, 9.17) is 0 Å². The molecule has 1 unspecified atom stereocenters. The van der Waals surface area contributed by atoms with E-state index in [0.29, 0.717) is 4.90 Å². The van der Waals surface area contributed by atoms with Crippen molar-refractivity contribution >= 4 is 21.6 Å². The monoisotopic (exact) mass is 230 g/mol. The quantitative estimate of drug-likeness (QED) is 0.800. The summed E-state index contributed by atoms with van der Waals surface area (Å²) in [6.07, 6.45) is 1.80. The molecule has 1 aromatic rings. The van der Waals surface area contributed by atoms with Gasteiger partial charge in [0, 0.05) is 0 Å². The van der Waals surface area contributed by atoms with E-state index in [-0.39, 0.29) is 4.58 Å². The van der Waals surface area contributed by atoms with Gasteiger partial charge >= 0.3 is 0 Å². The first kappa shape index (κ1) is 11.6. The topological polar surface area (TPSA) is 34.1 Å². The van der Waals surface area contributed by atoms with Gasteiger partial charge in [-0.25, -0.2) is 8.42 Å². The minimum Gasteiger partial charge on any atom is -0.223 e. The van der Waals surface area contributed by atoms with Crippen LogP contribution in [0.3, 0.4) is 0 Å². The molecule has 0 saturated carbocycles. The summed E-state index contributed by atoms with van der Waals surface area (Å²) in [5, 5.41) is 0. The molecule has 0 bridgehead atoms. The Kier molecular flexibility index (Phi) is 3.61. The molecule has 0 heterocycles. The van der Waals surface area contributed by atoms with Crippen LogP contribution in [-0.4, -0.2) is 19.3 Å². The van der Waals surface area contributed by atoms with Crippen LogP contribution < -0.4 is 0 Å². The molecular weight excluding hydrogens is 216 g/mol. The van der Waals surface area contributed by atoms with E-state index >= 15 is 0 Å². The summed E-state index contributed by atoms with van der Waals surface area (Å²) in [6.45, 7) is 3.65. The normalized spacial score (nSPS) is 13.9. The van der Waals surface area contributed by atoms with Crippen LogP contribution in [-0.2, 0) is 9.84 Å². The lowest BCUT2D eigenvalue weighted by Gasteiger charge is -2.09. The SMILES string of the molecule is CSC(C)S(=O)(=O)c1ccc(C)cc1. The second-order valence-corrected chi connectivity index (χ2v) is 6.91. The lowest BCUT2D eigenvalue weighted by Crippen LogP contribution is -2.13. The molecule has 0 amide bonds. The Labute approximate surface area is 89.6 Å². The third-order valence-corrected chi connectivity index (χ3v) is 5.92. The summed E-state index contributed by atoms with van der Waals surface area (Å²) in [7, 11) is -3.14. The zero-order valence-corrected chi connectivity index (χ0v) is 10.2. The van der Waals surface area contributed by atoms with Gasteiger partial charge in [0.25, 0.3) is 0 Å². The molecular formula is C10H14O2S2. The minimum absolute atomic E-state index is 0.384. The number of hydrogen-bond donors (Lipinski definition) is 0. The van der Waals surface area contributed by atoms with Gasteiger partial charge in [0.05, 0.1) is 4.90 Å². The Hall–Kier alpha value is -0.480. The molecule has 0 radical (unpaired) electrons. The minimum atomic E-state index is -3.14. The van der Waals surface area contributed by atoms with Crippen molar-refractivity contribution in [2.45, 2.75) is 23.3 Å². The molecule has 0 aromatic heterocycles. The molecule has 0 aliphatic heterocycles. The molecule has 0 saturated heterocycles. The third kappa shape index (κ3) is 2.30. The van der Waals surface area contributed by atoms with E-state index in [0.717, 1.165) is 5.56 Å². The van der Waals surface area contributed by atoms with Crippen LogP contribution in [0.15, 0.2) is 29.2 Å². The largest absolute Gasteiger partial charge is 0.223 e. The van der Waals surface area contributed by atoms with Crippen LogP contribution in [0.1, 0.15) is 12.5 Å². The van der Waals surface area contributed by atoms with Crippen LogP contribution >= 0.6 is 11.8 Å². The van der Waals surface area contributed by atoms with Crippen molar-refractivity contribution in [1.29, 1.82) is 0 Å². The number of rotatable bonds is 3. The summed E-state index contributed by atoms with van der Waals surface area (Å²) in [5.41, 5.74) is 1.07. The van der Waals surface area contributed by atoms with Crippen LogP contribution in [0.2, 0.25) is 0 Å². The van der Waals surface area contributed by atoms with Crippen molar-refractivity contribution in [2.24, 2.45) is 0 Å². The highest BCUT2D eigenvalue weighted by atomic mass is 32.3. The van der Waals surface area contributed by atoms with Crippen molar-refractivity contribution < 1.29 is 8.42 Å². The van der Waals surface area contributed by atoms with E-state index in [1.165, 1.54) is 11.8 Å². The van der Waals surface area contributed by atoms with Gasteiger partial charge in [0.1, 0.15) is 4.58 Å². The van der Waals surface area contributed by atoms with Crippen LogP contribution in [0.25, 0.3) is 0 Å². The number of hydrogen-bond acceptors (Lipinski definition) is 3. The molecule has 4 heteroatoms. The van der Waals surface area contributed by atoms with E-state index in [1.807, 2.05) is 19.1 Å². The van der Waals surface area contributed by atoms with Crippen LogP contribution in [0, 0.1) is 6.92 Å². The molecule has 2 nitrogen and oxygen atoms in total. The number of sulfone groups is 1. The molecule has 1 rings (SSSR count). The number of thioether (sulfide) groups is 1. The zero-order chi connectivity index (χ0) is 10.8. The molecule has 0 spiro atoms. The van der Waals surface area contributed by atoms with Gasteiger partial charge in [-0.1, -0.05) is 17.7 Å². The van der Waals surface area contributed by atoms with Gasteiger partial charge in [-0.15, -0.1) is 11.8 Å². The van der Waals surface area contributed by atoms with Crippen molar-refractivity contribution in [3.05, 3.63) is 29.8 Å². The highest BCUT2D eigenvalue weighted by molar-refractivity contribution is 8.13. The van der Waals surface area contributed by atoms with Gasteiger partial charge in [0.15, 0.2) is 9.84 Å². The lowest BCUT2D eigenvalue weighted by molar-refractivity contribution is 0.595. The molecule has 0 aliphatic carbocycles. The smallest absolute Gasteiger partial charge is 0.190 e. The predicted molar refractivity (Wildman–Crippen MR) is 61.3 cm³/mol. The first-order valence-electron chi connectivity index (χ1n) is 4.32. The lowest BCUT2D eigenvalue weighted by atomic mass is 10.2. The summed E-state index contributed by atoms with van der Waals surface area (Å²) in [6, 6.07) is 6.97. The maximum atomic E-state index is 11.9. The van der Waals surface area contributed by atoms with E-state index < -0.39 is 9.84 Å². The highest BCUT2D eigenvalue weighted by Crippen LogP contribution is 2.22. The summed E-state index contributed by atoms with van der Waals surface area (Å²) in [4.78, 5) is 0.407. The first-order valence-corrected chi connectivity index (χ1v) is 7.15. The summed E-state index contributed by atoms with van der Waals surface area (Å²) < 4.78 is 23.3. The third-order valence-electron chi connectivity index (χ3n) is 2.12. The fourth-order valence-corrected chi connectivity index (χ4v) is 3.29. The number of aryl methyl sites for hydroxylation is 1. The van der Waals surface area contributed by atoms with Gasteiger partial charge in [-0.05, 0) is 32.2 Å². The maximum Gasteiger partial charge on any atom is 0.190 e. The van der Waals surface area contributed by atoms with Crippen molar-refractivity contribution in [1.82, 2.24) is 0 Å². The van der Waals surface area contributed by atoms with Crippen LogP contribution in [0.4, 0.5) is 0 Å². The first-order chi connectivity index (χ1) is 6.48. The van der Waals surface area contributed by atoms with Gasteiger partial charge in [0.2, 0.25) is 0 Å². The Bertz CT molecular complexity index is 393. The Balaban J connectivity index is 3.11. The predicted octanol–water partition coefficient (Wildman–Crippen LogP) is 2.48. The summed E-state index contributed by atoms with van der Waals surface area (Å²) in [5.74, 6) is 0. The average molecular weight is 230 g/mol. The van der Waals surface area contributed by atoms with E-state index in [9.17, 15) is 8.42 Å². The zero-order valence-electron chi connectivity index (χ0n) is 8.52. The van der Waals surface area contributed by atoms with Gasteiger partial charge < -0.3 is 0 Å². The Morgan fingerprint density at radius 2 is 1.71 bits per heavy atom. The maximum absolute atomic E-state index is 11.9. The second kappa shape index (κ2) is 4.36. The number of benzene rings is 1. The van der Waals surface area contributed by atoms with E-state index in [2.05, 4.69) is 0 Å². The fraction of sp³-hybridized carbons (Fsp3) is 0.400. The van der Waals surface area contributed by atoms with Crippen LogP contribution in [0.5, 0.6) is 0 Å². The molecule has 0 aliphatic rings. The molecule has 1 atom stereocenters.